The Labute approximate surface area is 62.5 Å². The van der Waals surface area contributed by atoms with E-state index in [2.05, 4.69) is 13.8 Å². The predicted octanol–water partition coefficient (Wildman–Crippen LogP) is 1.08. The molecule has 0 radical (unpaired) electrons. The summed E-state index contributed by atoms with van der Waals surface area (Å²) in [6.07, 6.45) is 0.875. The Morgan fingerprint density at radius 3 is 2.20 bits per heavy atom. The first kappa shape index (κ1) is 8.05. The van der Waals surface area contributed by atoms with Crippen molar-refractivity contribution in [1.29, 1.82) is 0 Å². The Hall–Kier alpha value is -0.0500. The fourth-order valence-electron chi connectivity index (χ4n) is 1.35. The van der Waals surface area contributed by atoms with Crippen LogP contribution in [0.25, 0.3) is 0 Å². The number of rotatable bonds is 1. The van der Waals surface area contributed by atoms with Gasteiger partial charge in [0, 0.05) is 0 Å². The highest BCUT2D eigenvalue weighted by molar-refractivity contribution is 7.91. The lowest BCUT2D eigenvalue weighted by molar-refractivity contribution is 0.428. The lowest BCUT2D eigenvalue weighted by Gasteiger charge is -2.10. The van der Waals surface area contributed by atoms with Gasteiger partial charge in [-0.25, -0.2) is 8.42 Å². The van der Waals surface area contributed by atoms with Gasteiger partial charge >= 0.3 is 0 Å². The largest absolute Gasteiger partial charge is 0.229 e. The molecule has 1 aliphatic rings. The van der Waals surface area contributed by atoms with E-state index in [0.717, 1.165) is 6.42 Å². The summed E-state index contributed by atoms with van der Waals surface area (Å²) >= 11 is 0. The van der Waals surface area contributed by atoms with Gasteiger partial charge < -0.3 is 0 Å². The Morgan fingerprint density at radius 1 is 1.40 bits per heavy atom. The molecule has 0 aromatic rings. The van der Waals surface area contributed by atoms with Gasteiger partial charge in [-0.3, -0.25) is 0 Å². The molecule has 1 fully saturated rings. The summed E-state index contributed by atoms with van der Waals surface area (Å²) in [5.41, 5.74) is 0. The van der Waals surface area contributed by atoms with E-state index in [1.54, 1.807) is 0 Å². The van der Waals surface area contributed by atoms with Gasteiger partial charge in [0.15, 0.2) is 9.84 Å². The topological polar surface area (TPSA) is 34.1 Å². The highest BCUT2D eigenvalue weighted by Crippen LogP contribution is 2.24. The molecule has 2 nitrogen and oxygen atoms in total. The standard InChI is InChI=1S/C7H14O2S/c1-6(2)7-3-4-10(8,9)5-7/h6-7H,3-5H2,1-2H3/t7-/m0/s1. The van der Waals surface area contributed by atoms with Crippen molar-refractivity contribution in [3.63, 3.8) is 0 Å². The van der Waals surface area contributed by atoms with E-state index in [-0.39, 0.29) is 0 Å². The van der Waals surface area contributed by atoms with Crippen molar-refractivity contribution in [2.75, 3.05) is 11.5 Å². The van der Waals surface area contributed by atoms with E-state index in [1.165, 1.54) is 0 Å². The highest BCUT2D eigenvalue weighted by Gasteiger charge is 2.29. The minimum Gasteiger partial charge on any atom is -0.229 e. The third-order valence-electron chi connectivity index (χ3n) is 2.21. The molecule has 0 amide bonds. The minimum atomic E-state index is -2.64. The minimum absolute atomic E-state index is 0.413. The first-order chi connectivity index (χ1) is 4.51. The SMILES string of the molecule is CC(C)[C@H]1CCS(=O)(=O)C1. The van der Waals surface area contributed by atoms with Gasteiger partial charge in [-0.1, -0.05) is 13.8 Å². The molecule has 0 aliphatic carbocycles. The molecular formula is C7H14O2S. The van der Waals surface area contributed by atoms with Crippen LogP contribution in [0.5, 0.6) is 0 Å². The molecule has 0 aromatic heterocycles. The van der Waals surface area contributed by atoms with Gasteiger partial charge in [-0.2, -0.15) is 0 Å². The zero-order valence-corrected chi connectivity index (χ0v) is 7.32. The van der Waals surface area contributed by atoms with Crippen molar-refractivity contribution < 1.29 is 8.42 Å². The molecule has 1 rings (SSSR count). The molecule has 1 saturated heterocycles. The average molecular weight is 162 g/mol. The maximum Gasteiger partial charge on any atom is 0.150 e. The zero-order valence-electron chi connectivity index (χ0n) is 6.50. The van der Waals surface area contributed by atoms with Crippen molar-refractivity contribution in [2.45, 2.75) is 20.3 Å². The molecule has 0 saturated carbocycles. The van der Waals surface area contributed by atoms with Crippen molar-refractivity contribution >= 4 is 9.84 Å². The van der Waals surface area contributed by atoms with Crippen molar-refractivity contribution in [1.82, 2.24) is 0 Å². The Bertz CT molecular complexity index is 204. The molecule has 10 heavy (non-hydrogen) atoms. The molecule has 0 spiro atoms. The number of hydrogen-bond acceptors (Lipinski definition) is 2. The normalized spacial score (nSPS) is 31.3. The van der Waals surface area contributed by atoms with E-state index in [1.807, 2.05) is 0 Å². The van der Waals surface area contributed by atoms with Crippen LogP contribution in [0, 0.1) is 11.8 Å². The van der Waals surface area contributed by atoms with Crippen LogP contribution in [0.2, 0.25) is 0 Å². The fraction of sp³-hybridized carbons (Fsp3) is 1.00. The van der Waals surface area contributed by atoms with Crippen LogP contribution >= 0.6 is 0 Å². The van der Waals surface area contributed by atoms with Crippen molar-refractivity contribution in [2.24, 2.45) is 11.8 Å². The Morgan fingerprint density at radius 2 is 2.00 bits per heavy atom. The van der Waals surface area contributed by atoms with E-state index in [0.29, 0.717) is 23.3 Å². The second-order valence-corrected chi connectivity index (χ2v) is 5.64. The van der Waals surface area contributed by atoms with Crippen LogP contribution in [0.3, 0.4) is 0 Å². The van der Waals surface area contributed by atoms with Crippen LogP contribution in [-0.4, -0.2) is 19.9 Å². The van der Waals surface area contributed by atoms with Gasteiger partial charge in [0.05, 0.1) is 11.5 Å². The number of hydrogen-bond donors (Lipinski definition) is 0. The molecule has 1 atom stereocenters. The lowest BCUT2D eigenvalue weighted by Crippen LogP contribution is -2.10. The molecule has 60 valence electrons. The summed E-state index contributed by atoms with van der Waals surface area (Å²) < 4.78 is 21.9. The second kappa shape index (κ2) is 2.53. The zero-order chi connectivity index (χ0) is 7.78. The van der Waals surface area contributed by atoms with Crippen LogP contribution < -0.4 is 0 Å². The average Bonchev–Trinajstić information content (AvgIpc) is 2.10. The van der Waals surface area contributed by atoms with Crippen LogP contribution in [-0.2, 0) is 9.84 Å². The lowest BCUT2D eigenvalue weighted by atomic mass is 9.96. The maximum atomic E-state index is 10.9. The molecule has 0 bridgehead atoms. The Balaban J connectivity index is 2.60. The van der Waals surface area contributed by atoms with Crippen LogP contribution in [0.15, 0.2) is 0 Å². The Kier molecular flexibility index (Phi) is 2.04. The number of sulfone groups is 1. The summed E-state index contributed by atoms with van der Waals surface area (Å²) in [6, 6.07) is 0. The van der Waals surface area contributed by atoms with E-state index in [9.17, 15) is 8.42 Å². The van der Waals surface area contributed by atoms with Gasteiger partial charge in [-0.05, 0) is 18.3 Å². The van der Waals surface area contributed by atoms with E-state index in [4.69, 9.17) is 0 Å². The molecular weight excluding hydrogens is 148 g/mol. The van der Waals surface area contributed by atoms with Gasteiger partial charge in [0.25, 0.3) is 0 Å². The predicted molar refractivity (Wildman–Crippen MR) is 41.6 cm³/mol. The third-order valence-corrected chi connectivity index (χ3v) is 4.00. The molecule has 3 heteroatoms. The third kappa shape index (κ3) is 1.72. The van der Waals surface area contributed by atoms with Gasteiger partial charge in [0.1, 0.15) is 0 Å². The highest BCUT2D eigenvalue weighted by atomic mass is 32.2. The summed E-state index contributed by atoms with van der Waals surface area (Å²) in [5.74, 6) is 1.78. The first-order valence-corrected chi connectivity index (χ1v) is 5.54. The van der Waals surface area contributed by atoms with Crippen LogP contribution in [0.1, 0.15) is 20.3 Å². The maximum absolute atomic E-state index is 10.9. The smallest absolute Gasteiger partial charge is 0.150 e. The van der Waals surface area contributed by atoms with Crippen molar-refractivity contribution in [3.05, 3.63) is 0 Å². The fourth-order valence-corrected chi connectivity index (χ4v) is 3.38. The summed E-state index contributed by atoms with van der Waals surface area (Å²) in [6.45, 7) is 4.18. The summed E-state index contributed by atoms with van der Waals surface area (Å²) in [5, 5.41) is 0. The molecule has 1 heterocycles. The quantitative estimate of drug-likeness (QED) is 0.578. The summed E-state index contributed by atoms with van der Waals surface area (Å²) in [4.78, 5) is 0. The van der Waals surface area contributed by atoms with E-state index >= 15 is 0 Å². The molecule has 0 aromatic carbocycles. The first-order valence-electron chi connectivity index (χ1n) is 3.72. The van der Waals surface area contributed by atoms with Gasteiger partial charge in [-0.15, -0.1) is 0 Å². The van der Waals surface area contributed by atoms with Gasteiger partial charge in [0.2, 0.25) is 0 Å². The summed E-state index contributed by atoms with van der Waals surface area (Å²) in [7, 11) is -2.64. The molecule has 0 unspecified atom stereocenters. The molecule has 0 N–H and O–H groups in total. The van der Waals surface area contributed by atoms with Crippen LogP contribution in [0.4, 0.5) is 0 Å². The second-order valence-electron chi connectivity index (χ2n) is 3.41. The monoisotopic (exact) mass is 162 g/mol. The van der Waals surface area contributed by atoms with Crippen molar-refractivity contribution in [3.8, 4) is 0 Å². The van der Waals surface area contributed by atoms with E-state index < -0.39 is 9.84 Å². The molecule has 1 aliphatic heterocycles.